The lowest BCUT2D eigenvalue weighted by Gasteiger charge is -2.21. The maximum absolute atomic E-state index is 14.3. The number of rotatable bonds is 7. The minimum Gasteiger partial charge on any atom is -0.436 e. The highest BCUT2D eigenvalue weighted by molar-refractivity contribution is 5.76. The van der Waals surface area contributed by atoms with Gasteiger partial charge in [0.15, 0.2) is 11.6 Å². The van der Waals surface area contributed by atoms with E-state index >= 15 is 0 Å². The van der Waals surface area contributed by atoms with Crippen molar-refractivity contribution in [2.24, 2.45) is 0 Å². The van der Waals surface area contributed by atoms with Crippen molar-refractivity contribution in [3.05, 3.63) is 70.9 Å². The molecule has 2 aromatic carbocycles. The van der Waals surface area contributed by atoms with Crippen LogP contribution in [0.3, 0.4) is 0 Å². The molecule has 7 heteroatoms. The van der Waals surface area contributed by atoms with Crippen LogP contribution < -0.4 is 4.74 Å². The summed E-state index contributed by atoms with van der Waals surface area (Å²) in [7, 11) is 1.77. The normalized spacial score (nSPS) is 11.1. The van der Waals surface area contributed by atoms with Gasteiger partial charge in [0.1, 0.15) is 5.82 Å². The van der Waals surface area contributed by atoms with E-state index < -0.39 is 11.6 Å². The summed E-state index contributed by atoms with van der Waals surface area (Å²) in [6, 6.07) is 10.9. The van der Waals surface area contributed by atoms with Gasteiger partial charge in [-0.1, -0.05) is 12.1 Å². The third kappa shape index (κ3) is 5.10. The van der Waals surface area contributed by atoms with Gasteiger partial charge in [-0.2, -0.15) is 5.10 Å². The van der Waals surface area contributed by atoms with E-state index in [4.69, 9.17) is 4.74 Å². The second-order valence-corrected chi connectivity index (χ2v) is 7.90. The molecule has 31 heavy (non-hydrogen) atoms. The van der Waals surface area contributed by atoms with Crippen LogP contribution in [0.25, 0.3) is 5.69 Å². The summed E-state index contributed by atoms with van der Waals surface area (Å²) in [5.74, 6) is -1.29. The Labute approximate surface area is 181 Å². The lowest BCUT2D eigenvalue weighted by atomic mass is 10.1. The largest absolute Gasteiger partial charge is 0.436 e. The number of benzene rings is 2. The SMILES string of the molecule is Cc1cccc(-n2nc(C)c(CCC(=O)N(C)C(C)C)c2Oc2ccc(F)cc2F)c1. The van der Waals surface area contributed by atoms with Crippen molar-refractivity contribution in [1.29, 1.82) is 0 Å². The predicted molar refractivity (Wildman–Crippen MR) is 116 cm³/mol. The molecule has 3 rings (SSSR count). The van der Waals surface area contributed by atoms with Gasteiger partial charge < -0.3 is 9.64 Å². The second-order valence-electron chi connectivity index (χ2n) is 7.90. The topological polar surface area (TPSA) is 47.4 Å². The molecule has 1 heterocycles. The Morgan fingerprint density at radius 1 is 1.16 bits per heavy atom. The van der Waals surface area contributed by atoms with E-state index in [9.17, 15) is 13.6 Å². The average molecular weight is 427 g/mol. The van der Waals surface area contributed by atoms with E-state index in [1.807, 2.05) is 52.0 Å². The fourth-order valence-electron chi connectivity index (χ4n) is 3.22. The maximum Gasteiger partial charge on any atom is 0.226 e. The molecule has 5 nitrogen and oxygen atoms in total. The Morgan fingerprint density at radius 2 is 1.90 bits per heavy atom. The number of hydrogen-bond acceptors (Lipinski definition) is 3. The van der Waals surface area contributed by atoms with Gasteiger partial charge in [-0.3, -0.25) is 4.79 Å². The van der Waals surface area contributed by atoms with Crippen molar-refractivity contribution < 1.29 is 18.3 Å². The van der Waals surface area contributed by atoms with E-state index in [0.717, 1.165) is 23.4 Å². The number of ether oxygens (including phenoxy) is 1. The quantitative estimate of drug-likeness (QED) is 0.510. The molecule has 0 fully saturated rings. The number of carbonyl (C=O) groups is 1. The van der Waals surface area contributed by atoms with Crippen LogP contribution in [-0.4, -0.2) is 33.7 Å². The van der Waals surface area contributed by atoms with Crippen molar-refractivity contribution in [3.63, 3.8) is 0 Å². The highest BCUT2D eigenvalue weighted by Gasteiger charge is 2.22. The number of amides is 1. The minimum atomic E-state index is -0.809. The molecule has 0 saturated heterocycles. The van der Waals surface area contributed by atoms with Gasteiger partial charge >= 0.3 is 0 Å². The van der Waals surface area contributed by atoms with Gasteiger partial charge in [0.2, 0.25) is 11.8 Å². The first-order valence-corrected chi connectivity index (χ1v) is 10.2. The third-order valence-corrected chi connectivity index (χ3v) is 5.24. The average Bonchev–Trinajstić information content (AvgIpc) is 3.02. The van der Waals surface area contributed by atoms with E-state index in [1.54, 1.807) is 16.6 Å². The van der Waals surface area contributed by atoms with Crippen molar-refractivity contribution in [1.82, 2.24) is 14.7 Å². The van der Waals surface area contributed by atoms with Crippen molar-refractivity contribution in [2.75, 3.05) is 7.05 Å². The summed E-state index contributed by atoms with van der Waals surface area (Å²) in [4.78, 5) is 14.2. The number of aryl methyl sites for hydroxylation is 2. The lowest BCUT2D eigenvalue weighted by Crippen LogP contribution is -2.33. The van der Waals surface area contributed by atoms with E-state index in [2.05, 4.69) is 5.10 Å². The van der Waals surface area contributed by atoms with E-state index in [0.29, 0.717) is 23.6 Å². The fraction of sp³-hybridized carbons (Fsp3) is 0.333. The Kier molecular flexibility index (Phi) is 6.73. The predicted octanol–water partition coefficient (Wildman–Crippen LogP) is 5.36. The summed E-state index contributed by atoms with van der Waals surface area (Å²) < 4.78 is 35.2. The molecule has 0 aliphatic carbocycles. The van der Waals surface area contributed by atoms with Crippen molar-refractivity contribution in [3.8, 4) is 17.3 Å². The summed E-state index contributed by atoms with van der Waals surface area (Å²) in [6.07, 6.45) is 0.642. The standard InChI is InChI=1S/C24H27F2N3O2/c1-15(2)28(5)23(30)12-10-20-17(4)27-29(19-8-6-7-16(3)13-19)24(20)31-22-11-9-18(25)14-21(22)26/h6-9,11,13-15H,10,12H2,1-5H3. The van der Waals surface area contributed by atoms with Gasteiger partial charge in [0, 0.05) is 31.1 Å². The molecule has 0 atom stereocenters. The van der Waals surface area contributed by atoms with Gasteiger partial charge in [-0.05, 0) is 63.9 Å². The lowest BCUT2D eigenvalue weighted by molar-refractivity contribution is -0.131. The van der Waals surface area contributed by atoms with Gasteiger partial charge in [0.25, 0.3) is 0 Å². The first-order chi connectivity index (χ1) is 14.7. The zero-order chi connectivity index (χ0) is 22.7. The number of nitrogens with zero attached hydrogens (tertiary/aromatic N) is 3. The van der Waals surface area contributed by atoms with Gasteiger partial charge in [-0.25, -0.2) is 13.5 Å². The first kappa shape index (κ1) is 22.5. The molecule has 0 aliphatic rings. The molecule has 0 unspecified atom stereocenters. The molecule has 0 aliphatic heterocycles. The number of hydrogen-bond donors (Lipinski definition) is 0. The van der Waals surface area contributed by atoms with Crippen molar-refractivity contribution in [2.45, 2.75) is 46.6 Å². The van der Waals surface area contributed by atoms with Gasteiger partial charge in [-0.15, -0.1) is 0 Å². The minimum absolute atomic E-state index is 0.00313. The van der Waals surface area contributed by atoms with Crippen LogP contribution in [0.2, 0.25) is 0 Å². The molecule has 1 aromatic heterocycles. The highest BCUT2D eigenvalue weighted by Crippen LogP contribution is 2.33. The molecule has 0 saturated carbocycles. The summed E-state index contributed by atoms with van der Waals surface area (Å²) in [6.45, 7) is 7.68. The Balaban J connectivity index is 2.02. The zero-order valence-electron chi connectivity index (χ0n) is 18.4. The molecule has 1 amide bonds. The van der Waals surface area contributed by atoms with E-state index in [1.165, 1.54) is 6.07 Å². The second kappa shape index (κ2) is 9.29. The summed E-state index contributed by atoms with van der Waals surface area (Å²) in [5, 5.41) is 4.59. The van der Waals surface area contributed by atoms with Crippen LogP contribution in [0.4, 0.5) is 8.78 Å². The molecule has 0 radical (unpaired) electrons. The van der Waals surface area contributed by atoms with Crippen LogP contribution in [0.1, 0.15) is 37.1 Å². The van der Waals surface area contributed by atoms with Crippen LogP contribution in [-0.2, 0) is 11.2 Å². The number of aromatic nitrogens is 2. The van der Waals surface area contributed by atoms with Gasteiger partial charge in [0.05, 0.1) is 11.4 Å². The summed E-state index contributed by atoms with van der Waals surface area (Å²) in [5.41, 5.74) is 3.16. The zero-order valence-corrected chi connectivity index (χ0v) is 18.4. The molecular weight excluding hydrogens is 400 g/mol. The number of carbonyl (C=O) groups excluding carboxylic acids is 1. The highest BCUT2D eigenvalue weighted by atomic mass is 19.1. The first-order valence-electron chi connectivity index (χ1n) is 10.2. The molecular formula is C24H27F2N3O2. The molecule has 0 bridgehead atoms. The molecule has 0 N–H and O–H groups in total. The Morgan fingerprint density at radius 3 is 2.55 bits per heavy atom. The van der Waals surface area contributed by atoms with Crippen LogP contribution in [0, 0.1) is 25.5 Å². The van der Waals surface area contributed by atoms with E-state index in [-0.39, 0.29) is 24.1 Å². The van der Waals surface area contributed by atoms with Crippen LogP contribution in [0.15, 0.2) is 42.5 Å². The van der Waals surface area contributed by atoms with Crippen LogP contribution in [0.5, 0.6) is 11.6 Å². The monoisotopic (exact) mass is 427 g/mol. The molecule has 164 valence electrons. The Hall–Kier alpha value is -3.22. The molecule has 0 spiro atoms. The summed E-state index contributed by atoms with van der Waals surface area (Å²) >= 11 is 0. The maximum atomic E-state index is 14.3. The van der Waals surface area contributed by atoms with Crippen LogP contribution >= 0.6 is 0 Å². The number of halogens is 2. The third-order valence-electron chi connectivity index (χ3n) is 5.24. The molecule has 3 aromatic rings. The Bertz CT molecular complexity index is 1090. The smallest absolute Gasteiger partial charge is 0.226 e. The fourth-order valence-corrected chi connectivity index (χ4v) is 3.22. The van der Waals surface area contributed by atoms with Crippen molar-refractivity contribution >= 4 is 5.91 Å².